The Morgan fingerprint density at radius 3 is 2.75 bits per heavy atom. The number of fused-ring (bicyclic) bond motifs is 1. The highest BCUT2D eigenvalue weighted by molar-refractivity contribution is 5.83. The van der Waals surface area contributed by atoms with Crippen molar-refractivity contribution in [3.05, 3.63) is 5.82 Å². The molecular formula is C15H24N6O3. The first-order valence-corrected chi connectivity index (χ1v) is 8.67. The second kappa shape index (κ2) is 7.59. The van der Waals surface area contributed by atoms with E-state index in [0.29, 0.717) is 25.5 Å². The van der Waals surface area contributed by atoms with Gasteiger partial charge in [-0.2, -0.15) is 0 Å². The third kappa shape index (κ3) is 3.65. The zero-order chi connectivity index (χ0) is 16.9. The lowest BCUT2D eigenvalue weighted by Gasteiger charge is -2.32. The molecule has 2 aliphatic rings. The lowest BCUT2D eigenvalue weighted by molar-refractivity contribution is -0.123. The van der Waals surface area contributed by atoms with E-state index in [1.807, 2.05) is 0 Å². The van der Waals surface area contributed by atoms with Crippen molar-refractivity contribution in [3.8, 4) is 0 Å². The summed E-state index contributed by atoms with van der Waals surface area (Å²) in [6.45, 7) is 4.15. The van der Waals surface area contributed by atoms with Gasteiger partial charge in [-0.1, -0.05) is 6.42 Å². The van der Waals surface area contributed by atoms with Gasteiger partial charge in [0.1, 0.15) is 0 Å². The minimum atomic E-state index is -0.286. The number of ether oxygens (including phenoxy) is 1. The van der Waals surface area contributed by atoms with Crippen LogP contribution in [0.15, 0.2) is 0 Å². The van der Waals surface area contributed by atoms with E-state index in [2.05, 4.69) is 20.8 Å². The van der Waals surface area contributed by atoms with Crippen LogP contribution in [-0.4, -0.2) is 62.8 Å². The molecule has 24 heavy (non-hydrogen) atoms. The first-order valence-electron chi connectivity index (χ1n) is 8.67. The number of carbonyl (C=O) groups excluding carboxylic acids is 2. The largest absolute Gasteiger partial charge is 0.450 e. The number of piperidine rings is 1. The van der Waals surface area contributed by atoms with E-state index in [-0.39, 0.29) is 24.0 Å². The van der Waals surface area contributed by atoms with Crippen LogP contribution >= 0.6 is 0 Å². The minimum absolute atomic E-state index is 0.0115. The molecule has 1 fully saturated rings. The molecule has 1 saturated heterocycles. The van der Waals surface area contributed by atoms with E-state index in [1.54, 1.807) is 16.5 Å². The summed E-state index contributed by atoms with van der Waals surface area (Å²) in [5.74, 6) is 0.363. The fourth-order valence-electron chi connectivity index (χ4n) is 3.33. The second-order valence-corrected chi connectivity index (χ2v) is 6.28. The SMILES string of the molecule is CCOC(=O)N1CCC(NC(=O)C2CCCCn3nnnc32)CC1. The Morgan fingerprint density at radius 2 is 2.00 bits per heavy atom. The highest BCUT2D eigenvalue weighted by atomic mass is 16.6. The van der Waals surface area contributed by atoms with Gasteiger partial charge in [-0.3, -0.25) is 4.79 Å². The Labute approximate surface area is 140 Å². The number of carbonyl (C=O) groups is 2. The van der Waals surface area contributed by atoms with Crippen LogP contribution in [0, 0.1) is 0 Å². The predicted octanol–water partition coefficient (Wildman–Crippen LogP) is 0.678. The quantitative estimate of drug-likeness (QED) is 0.871. The van der Waals surface area contributed by atoms with Crippen molar-refractivity contribution in [1.82, 2.24) is 30.4 Å². The number of nitrogens with zero attached hydrogens (tertiary/aromatic N) is 5. The van der Waals surface area contributed by atoms with E-state index >= 15 is 0 Å². The number of amides is 2. The Hall–Kier alpha value is -2.19. The van der Waals surface area contributed by atoms with E-state index in [4.69, 9.17) is 4.74 Å². The molecule has 2 aliphatic heterocycles. The molecule has 9 nitrogen and oxygen atoms in total. The third-order valence-electron chi connectivity index (χ3n) is 4.67. The summed E-state index contributed by atoms with van der Waals surface area (Å²) in [5.41, 5.74) is 0. The number of aromatic nitrogens is 4. The average Bonchev–Trinajstić information content (AvgIpc) is 2.95. The Bertz CT molecular complexity index is 582. The summed E-state index contributed by atoms with van der Waals surface area (Å²) in [5, 5.41) is 14.8. The van der Waals surface area contributed by atoms with E-state index in [1.165, 1.54) is 0 Å². The molecule has 2 amide bonds. The van der Waals surface area contributed by atoms with Crippen molar-refractivity contribution in [2.24, 2.45) is 0 Å². The van der Waals surface area contributed by atoms with Crippen LogP contribution in [0.2, 0.25) is 0 Å². The number of rotatable bonds is 3. The average molecular weight is 336 g/mol. The number of likely N-dealkylation sites (tertiary alicyclic amines) is 1. The normalized spacial score (nSPS) is 21.7. The first-order chi connectivity index (χ1) is 11.7. The van der Waals surface area contributed by atoms with Crippen molar-refractivity contribution in [1.29, 1.82) is 0 Å². The van der Waals surface area contributed by atoms with E-state index in [9.17, 15) is 9.59 Å². The van der Waals surface area contributed by atoms with Crippen LogP contribution < -0.4 is 5.32 Å². The fraction of sp³-hybridized carbons (Fsp3) is 0.800. The molecule has 1 aromatic rings. The van der Waals surface area contributed by atoms with Gasteiger partial charge >= 0.3 is 6.09 Å². The maximum Gasteiger partial charge on any atom is 0.409 e. The number of hydrogen-bond donors (Lipinski definition) is 1. The summed E-state index contributed by atoms with van der Waals surface area (Å²) in [4.78, 5) is 26.1. The number of aryl methyl sites for hydroxylation is 1. The Morgan fingerprint density at radius 1 is 1.21 bits per heavy atom. The molecule has 0 bridgehead atoms. The van der Waals surface area contributed by atoms with Gasteiger partial charge in [-0.25, -0.2) is 9.48 Å². The predicted molar refractivity (Wildman–Crippen MR) is 84.2 cm³/mol. The molecule has 1 aromatic heterocycles. The zero-order valence-corrected chi connectivity index (χ0v) is 14.0. The fourth-order valence-corrected chi connectivity index (χ4v) is 3.33. The molecular weight excluding hydrogens is 312 g/mol. The van der Waals surface area contributed by atoms with Crippen molar-refractivity contribution >= 4 is 12.0 Å². The van der Waals surface area contributed by atoms with Crippen LogP contribution in [0.4, 0.5) is 4.79 Å². The minimum Gasteiger partial charge on any atom is -0.450 e. The molecule has 0 aliphatic carbocycles. The second-order valence-electron chi connectivity index (χ2n) is 6.28. The van der Waals surface area contributed by atoms with Crippen LogP contribution in [0.25, 0.3) is 0 Å². The van der Waals surface area contributed by atoms with Crippen molar-refractivity contribution in [3.63, 3.8) is 0 Å². The summed E-state index contributed by atoms with van der Waals surface area (Å²) in [6.07, 6.45) is 3.94. The third-order valence-corrected chi connectivity index (χ3v) is 4.67. The van der Waals surface area contributed by atoms with Gasteiger partial charge in [0.2, 0.25) is 5.91 Å². The summed E-state index contributed by atoms with van der Waals surface area (Å²) < 4.78 is 6.75. The van der Waals surface area contributed by atoms with Gasteiger partial charge in [0.25, 0.3) is 0 Å². The van der Waals surface area contributed by atoms with E-state index in [0.717, 1.165) is 38.6 Å². The van der Waals surface area contributed by atoms with Gasteiger partial charge in [0.05, 0.1) is 12.5 Å². The summed E-state index contributed by atoms with van der Waals surface area (Å²) in [6, 6.07) is 0.0794. The van der Waals surface area contributed by atoms with Crippen LogP contribution in [-0.2, 0) is 16.1 Å². The maximum atomic E-state index is 12.7. The van der Waals surface area contributed by atoms with Gasteiger partial charge in [-0.15, -0.1) is 5.10 Å². The van der Waals surface area contributed by atoms with Crippen LogP contribution in [0.3, 0.4) is 0 Å². The molecule has 0 saturated carbocycles. The molecule has 0 aromatic carbocycles. The number of tetrazole rings is 1. The van der Waals surface area contributed by atoms with E-state index < -0.39 is 0 Å². The molecule has 132 valence electrons. The molecule has 1 unspecified atom stereocenters. The highest BCUT2D eigenvalue weighted by Crippen LogP contribution is 2.24. The Kier molecular flexibility index (Phi) is 5.27. The first kappa shape index (κ1) is 16.7. The number of hydrogen-bond acceptors (Lipinski definition) is 6. The summed E-state index contributed by atoms with van der Waals surface area (Å²) in [7, 11) is 0. The topological polar surface area (TPSA) is 102 Å². The van der Waals surface area contributed by atoms with Gasteiger partial charge < -0.3 is 15.0 Å². The summed E-state index contributed by atoms with van der Waals surface area (Å²) >= 11 is 0. The van der Waals surface area contributed by atoms with Crippen molar-refractivity contribution in [2.45, 2.75) is 57.5 Å². The van der Waals surface area contributed by atoms with Crippen LogP contribution in [0.1, 0.15) is 50.8 Å². The molecule has 0 spiro atoms. The van der Waals surface area contributed by atoms with Gasteiger partial charge in [0, 0.05) is 25.7 Å². The van der Waals surface area contributed by atoms with Gasteiger partial charge in [-0.05, 0) is 43.0 Å². The maximum absolute atomic E-state index is 12.7. The van der Waals surface area contributed by atoms with Gasteiger partial charge in [0.15, 0.2) is 5.82 Å². The molecule has 9 heteroatoms. The van der Waals surface area contributed by atoms with Crippen molar-refractivity contribution in [2.75, 3.05) is 19.7 Å². The molecule has 3 heterocycles. The monoisotopic (exact) mass is 336 g/mol. The Balaban J connectivity index is 1.54. The highest BCUT2D eigenvalue weighted by Gasteiger charge is 2.31. The zero-order valence-electron chi connectivity index (χ0n) is 14.0. The molecule has 1 N–H and O–H groups in total. The molecule has 0 radical (unpaired) electrons. The number of nitrogens with one attached hydrogen (secondary N) is 1. The molecule has 1 atom stereocenters. The smallest absolute Gasteiger partial charge is 0.409 e. The molecule has 3 rings (SSSR count). The lowest BCUT2D eigenvalue weighted by Crippen LogP contribution is -2.47. The van der Waals surface area contributed by atoms with Crippen molar-refractivity contribution < 1.29 is 14.3 Å². The van der Waals surface area contributed by atoms with Crippen LogP contribution in [0.5, 0.6) is 0 Å². The standard InChI is InChI=1S/C15H24N6O3/c1-2-24-15(23)20-9-6-11(7-10-20)16-14(22)12-5-3-4-8-21-13(12)17-18-19-21/h11-12H,2-10H2,1H3,(H,16,22). The lowest BCUT2D eigenvalue weighted by atomic mass is 9.99.